The van der Waals surface area contributed by atoms with E-state index >= 15 is 0 Å². The number of fused-ring (bicyclic) bond motifs is 1. The van der Waals surface area contributed by atoms with Crippen molar-refractivity contribution in [2.75, 3.05) is 11.4 Å². The Labute approximate surface area is 149 Å². The number of piperidine rings is 1. The molecule has 0 bridgehead atoms. The smallest absolute Gasteiger partial charge is 0.250 e. The largest absolute Gasteiger partial charge is 0.364 e. The minimum absolute atomic E-state index is 0.265. The summed E-state index contributed by atoms with van der Waals surface area (Å²) in [5, 5.41) is 0. The Balaban J connectivity index is 1.80. The Morgan fingerprint density at radius 3 is 2.32 bits per heavy atom. The van der Waals surface area contributed by atoms with E-state index in [4.69, 9.17) is 0 Å². The topological polar surface area (TPSA) is 37.4 Å². The Bertz CT molecular complexity index is 886. The van der Waals surface area contributed by atoms with E-state index in [1.165, 1.54) is 36.8 Å². The van der Waals surface area contributed by atoms with Crippen LogP contribution in [0.1, 0.15) is 55.2 Å². The summed E-state index contributed by atoms with van der Waals surface area (Å²) in [6.07, 6.45) is 7.39. The number of anilines is 1. The minimum Gasteiger partial charge on any atom is -0.364 e. The number of hydrogen-bond donors (Lipinski definition) is 0. The normalized spacial score (nSPS) is 23.7. The van der Waals surface area contributed by atoms with Gasteiger partial charge < -0.3 is 4.90 Å². The molecular weight excluding hydrogens is 310 g/mol. The first-order valence-electron chi connectivity index (χ1n) is 9.67. The van der Waals surface area contributed by atoms with Gasteiger partial charge in [0, 0.05) is 12.6 Å². The molecule has 132 valence electrons. The molecular formula is C22H27NO2. The zero-order valence-electron chi connectivity index (χ0n) is 15.5. The van der Waals surface area contributed by atoms with Gasteiger partial charge >= 0.3 is 0 Å². The van der Waals surface area contributed by atoms with E-state index in [0.29, 0.717) is 23.2 Å². The molecule has 2 atom stereocenters. The SMILES string of the molecule is Cc1cc(C)c(-c2c(N3CCCC4CCCCC43)c(=O)c2=O)cc1C. The maximum atomic E-state index is 12.5. The van der Waals surface area contributed by atoms with Gasteiger partial charge in [-0.3, -0.25) is 9.59 Å². The molecule has 0 spiro atoms. The fourth-order valence-corrected chi connectivity index (χ4v) is 5.04. The average molecular weight is 337 g/mol. The number of hydrogen-bond acceptors (Lipinski definition) is 3. The van der Waals surface area contributed by atoms with E-state index < -0.39 is 0 Å². The van der Waals surface area contributed by atoms with Crippen LogP contribution in [0.3, 0.4) is 0 Å². The molecule has 1 saturated carbocycles. The van der Waals surface area contributed by atoms with E-state index in [9.17, 15) is 9.59 Å². The van der Waals surface area contributed by atoms with Gasteiger partial charge in [-0.05, 0) is 74.6 Å². The zero-order valence-corrected chi connectivity index (χ0v) is 15.5. The molecule has 1 aliphatic carbocycles. The number of nitrogens with zero attached hydrogens (tertiary/aromatic N) is 1. The summed E-state index contributed by atoms with van der Waals surface area (Å²) in [6.45, 7) is 7.12. The molecule has 25 heavy (non-hydrogen) atoms. The lowest BCUT2D eigenvalue weighted by molar-refractivity contribution is 0.243. The minimum atomic E-state index is -0.292. The van der Waals surface area contributed by atoms with Crippen molar-refractivity contribution in [1.82, 2.24) is 0 Å². The molecule has 0 aromatic heterocycles. The monoisotopic (exact) mass is 337 g/mol. The van der Waals surface area contributed by atoms with Crippen LogP contribution in [0, 0.1) is 26.7 Å². The second kappa shape index (κ2) is 6.12. The van der Waals surface area contributed by atoms with Gasteiger partial charge in [0.15, 0.2) is 0 Å². The van der Waals surface area contributed by atoms with Crippen LogP contribution in [-0.2, 0) is 0 Å². The Hall–Kier alpha value is -1.90. The first kappa shape index (κ1) is 16.6. The molecule has 0 radical (unpaired) electrons. The fraction of sp³-hybridized carbons (Fsp3) is 0.545. The summed E-state index contributed by atoms with van der Waals surface area (Å²) in [7, 11) is 0. The van der Waals surface area contributed by atoms with Crippen LogP contribution in [0.15, 0.2) is 21.7 Å². The first-order chi connectivity index (χ1) is 12.0. The van der Waals surface area contributed by atoms with Crippen LogP contribution in [0.2, 0.25) is 0 Å². The van der Waals surface area contributed by atoms with Crippen molar-refractivity contribution in [2.24, 2.45) is 5.92 Å². The highest BCUT2D eigenvalue weighted by Gasteiger charge is 2.38. The third kappa shape index (κ3) is 2.56. The number of rotatable bonds is 2. The van der Waals surface area contributed by atoms with Crippen LogP contribution in [0.25, 0.3) is 11.1 Å². The standard InChI is InChI=1S/C22H27NO2/c1-13-11-15(3)17(12-14(13)2)19-20(22(25)21(19)24)23-10-6-8-16-7-4-5-9-18(16)23/h11-12,16,18H,4-10H2,1-3H3. The van der Waals surface area contributed by atoms with Gasteiger partial charge in [0.05, 0.1) is 5.56 Å². The van der Waals surface area contributed by atoms with E-state index in [2.05, 4.69) is 30.9 Å². The summed E-state index contributed by atoms with van der Waals surface area (Å²) in [6, 6.07) is 4.67. The molecule has 0 N–H and O–H groups in total. The molecule has 3 nitrogen and oxygen atoms in total. The summed E-state index contributed by atoms with van der Waals surface area (Å²) in [5.41, 5.74) is 5.29. The predicted octanol–water partition coefficient (Wildman–Crippen LogP) is 4.03. The summed E-state index contributed by atoms with van der Waals surface area (Å²) in [4.78, 5) is 27.3. The molecule has 2 aliphatic rings. The van der Waals surface area contributed by atoms with Crippen molar-refractivity contribution < 1.29 is 0 Å². The number of benzene rings is 1. The quantitative estimate of drug-likeness (QED) is 0.776. The maximum Gasteiger partial charge on any atom is 0.250 e. The maximum absolute atomic E-state index is 12.5. The summed E-state index contributed by atoms with van der Waals surface area (Å²) >= 11 is 0. The van der Waals surface area contributed by atoms with E-state index in [0.717, 1.165) is 30.5 Å². The lowest BCUT2D eigenvalue weighted by atomic mass is 9.77. The van der Waals surface area contributed by atoms with E-state index in [1.54, 1.807) is 0 Å². The van der Waals surface area contributed by atoms with Crippen LogP contribution >= 0.6 is 0 Å². The molecule has 4 rings (SSSR count). The Morgan fingerprint density at radius 1 is 0.840 bits per heavy atom. The van der Waals surface area contributed by atoms with E-state index in [-0.39, 0.29) is 10.9 Å². The van der Waals surface area contributed by atoms with Crippen molar-refractivity contribution in [2.45, 2.75) is 65.3 Å². The van der Waals surface area contributed by atoms with Crippen molar-refractivity contribution in [3.05, 3.63) is 49.3 Å². The second-order valence-corrected chi connectivity index (χ2v) is 8.08. The summed E-state index contributed by atoms with van der Waals surface area (Å²) < 4.78 is 0. The van der Waals surface area contributed by atoms with Crippen molar-refractivity contribution in [3.63, 3.8) is 0 Å². The van der Waals surface area contributed by atoms with Crippen LogP contribution < -0.4 is 15.8 Å². The van der Waals surface area contributed by atoms with Crippen molar-refractivity contribution in [3.8, 4) is 11.1 Å². The molecule has 1 aliphatic heterocycles. The average Bonchev–Trinajstić information content (AvgIpc) is 2.62. The molecule has 2 fully saturated rings. The molecule has 3 heteroatoms. The van der Waals surface area contributed by atoms with Gasteiger partial charge in [-0.2, -0.15) is 0 Å². The van der Waals surface area contributed by atoms with Gasteiger partial charge in [0.2, 0.25) is 10.9 Å². The van der Waals surface area contributed by atoms with Gasteiger partial charge in [-0.15, -0.1) is 0 Å². The first-order valence-corrected chi connectivity index (χ1v) is 9.67. The molecule has 1 saturated heterocycles. The molecule has 2 unspecified atom stereocenters. The number of aryl methyl sites for hydroxylation is 3. The second-order valence-electron chi connectivity index (χ2n) is 8.08. The van der Waals surface area contributed by atoms with Crippen molar-refractivity contribution >= 4 is 5.69 Å². The highest BCUT2D eigenvalue weighted by atomic mass is 16.2. The predicted molar refractivity (Wildman–Crippen MR) is 103 cm³/mol. The van der Waals surface area contributed by atoms with Gasteiger partial charge in [-0.1, -0.05) is 25.0 Å². The molecule has 2 aromatic rings. The Morgan fingerprint density at radius 2 is 1.52 bits per heavy atom. The fourth-order valence-electron chi connectivity index (χ4n) is 5.04. The van der Waals surface area contributed by atoms with Crippen LogP contribution in [-0.4, -0.2) is 12.6 Å². The molecule has 1 heterocycles. The van der Waals surface area contributed by atoms with Gasteiger partial charge in [0.25, 0.3) is 0 Å². The zero-order chi connectivity index (χ0) is 17.7. The van der Waals surface area contributed by atoms with Gasteiger partial charge in [0.1, 0.15) is 5.69 Å². The third-order valence-corrected chi connectivity index (χ3v) is 6.53. The lowest BCUT2D eigenvalue weighted by Gasteiger charge is -2.46. The summed E-state index contributed by atoms with van der Waals surface area (Å²) in [5.74, 6) is 0.695. The van der Waals surface area contributed by atoms with Gasteiger partial charge in [-0.25, -0.2) is 0 Å². The lowest BCUT2D eigenvalue weighted by Crippen LogP contribution is -2.52. The molecule has 2 aromatic carbocycles. The van der Waals surface area contributed by atoms with Crippen molar-refractivity contribution in [1.29, 1.82) is 0 Å². The van der Waals surface area contributed by atoms with Crippen LogP contribution in [0.4, 0.5) is 5.69 Å². The highest BCUT2D eigenvalue weighted by Crippen LogP contribution is 2.40. The molecule has 0 amide bonds. The van der Waals surface area contributed by atoms with E-state index in [1.807, 2.05) is 6.92 Å². The highest BCUT2D eigenvalue weighted by molar-refractivity contribution is 5.85. The Kier molecular flexibility index (Phi) is 4.05. The van der Waals surface area contributed by atoms with Crippen LogP contribution in [0.5, 0.6) is 0 Å². The third-order valence-electron chi connectivity index (χ3n) is 6.53.